The van der Waals surface area contributed by atoms with E-state index >= 15 is 0 Å². The van der Waals surface area contributed by atoms with Gasteiger partial charge in [-0.1, -0.05) is 30.3 Å². The van der Waals surface area contributed by atoms with Crippen LogP contribution in [0.2, 0.25) is 0 Å². The Bertz CT molecular complexity index is 803. The number of hydrogen-bond donors (Lipinski definition) is 1. The lowest BCUT2D eigenvalue weighted by molar-refractivity contribution is -0.123. The normalized spacial score (nSPS) is 16.1. The van der Waals surface area contributed by atoms with Crippen molar-refractivity contribution >= 4 is 11.6 Å². The van der Waals surface area contributed by atoms with Crippen molar-refractivity contribution in [2.75, 3.05) is 40.0 Å². The largest absolute Gasteiger partial charge is 0.497 e. The average Bonchev–Trinajstić information content (AvgIpc) is 2.78. The van der Waals surface area contributed by atoms with Crippen molar-refractivity contribution < 1.29 is 19.0 Å². The van der Waals surface area contributed by atoms with Gasteiger partial charge in [-0.05, 0) is 36.8 Å². The highest BCUT2D eigenvalue weighted by molar-refractivity contribution is 5.90. The predicted molar refractivity (Wildman–Crippen MR) is 111 cm³/mol. The number of rotatable bonds is 8. The van der Waals surface area contributed by atoms with Crippen molar-refractivity contribution in [1.82, 2.24) is 10.3 Å². The van der Waals surface area contributed by atoms with Crippen LogP contribution in [0.3, 0.4) is 0 Å². The van der Waals surface area contributed by atoms with Gasteiger partial charge >= 0.3 is 0 Å². The Balaban J connectivity index is 1.60. The monoisotopic (exact) mass is 397 g/mol. The zero-order chi connectivity index (χ0) is 20.5. The van der Waals surface area contributed by atoms with Gasteiger partial charge in [0.1, 0.15) is 11.5 Å². The predicted octanol–water partition coefficient (Wildman–Crippen LogP) is 2.64. The van der Waals surface area contributed by atoms with E-state index in [-0.39, 0.29) is 18.6 Å². The number of ether oxygens (including phenoxy) is 3. The molecule has 2 aromatic carbocycles. The average molecular weight is 397 g/mol. The summed E-state index contributed by atoms with van der Waals surface area (Å²) >= 11 is 0. The molecule has 0 saturated carbocycles. The van der Waals surface area contributed by atoms with Gasteiger partial charge in [-0.15, -0.1) is 0 Å². The fourth-order valence-electron chi connectivity index (χ4n) is 3.25. The Morgan fingerprint density at radius 2 is 1.76 bits per heavy atom. The summed E-state index contributed by atoms with van der Waals surface area (Å²) in [6.45, 7) is 4.84. The Labute approximate surface area is 171 Å². The van der Waals surface area contributed by atoms with Crippen molar-refractivity contribution in [1.29, 1.82) is 0 Å². The lowest BCUT2D eigenvalue weighted by atomic mass is 10.0. The van der Waals surface area contributed by atoms with Gasteiger partial charge in [0.15, 0.2) is 6.61 Å². The molecule has 0 aromatic heterocycles. The highest BCUT2D eigenvalue weighted by Gasteiger charge is 2.25. The molecule has 1 aliphatic rings. The zero-order valence-corrected chi connectivity index (χ0v) is 16.8. The lowest BCUT2D eigenvalue weighted by Crippen LogP contribution is -2.42. The van der Waals surface area contributed by atoms with Crippen LogP contribution >= 0.6 is 0 Å². The van der Waals surface area contributed by atoms with Crippen molar-refractivity contribution in [2.45, 2.75) is 13.0 Å². The molecule has 7 nitrogen and oxygen atoms in total. The van der Waals surface area contributed by atoms with Gasteiger partial charge in [0.25, 0.3) is 5.91 Å². The molecule has 3 rings (SSSR count). The number of carbonyl (C=O) groups excluding carboxylic acids is 1. The minimum atomic E-state index is -0.311. The van der Waals surface area contributed by atoms with Crippen LogP contribution in [0.25, 0.3) is 0 Å². The number of nitrogens with zero attached hydrogens (tertiary/aromatic N) is 2. The third kappa shape index (κ3) is 6.04. The van der Waals surface area contributed by atoms with E-state index in [2.05, 4.69) is 27.6 Å². The van der Waals surface area contributed by atoms with Gasteiger partial charge in [-0.2, -0.15) is 5.10 Å². The van der Waals surface area contributed by atoms with Crippen molar-refractivity contribution in [3.05, 3.63) is 60.2 Å². The summed E-state index contributed by atoms with van der Waals surface area (Å²) in [5.74, 6) is 1.02. The summed E-state index contributed by atoms with van der Waals surface area (Å²) in [6.07, 6.45) is 0. The van der Waals surface area contributed by atoms with Gasteiger partial charge in [-0.25, -0.2) is 5.43 Å². The van der Waals surface area contributed by atoms with E-state index in [1.807, 2.05) is 25.1 Å². The number of benzene rings is 2. The number of amides is 1. The second kappa shape index (κ2) is 10.6. The molecule has 0 spiro atoms. The summed E-state index contributed by atoms with van der Waals surface area (Å²) in [6, 6.07) is 17.2. The van der Waals surface area contributed by atoms with Crippen LogP contribution in [-0.2, 0) is 9.53 Å². The van der Waals surface area contributed by atoms with Gasteiger partial charge in [0.05, 0.1) is 32.1 Å². The highest BCUT2D eigenvalue weighted by Crippen LogP contribution is 2.23. The molecule has 0 unspecified atom stereocenters. The van der Waals surface area contributed by atoms with E-state index in [0.717, 1.165) is 30.1 Å². The maximum absolute atomic E-state index is 12.2. The first-order chi connectivity index (χ1) is 14.2. The topological polar surface area (TPSA) is 72.4 Å². The first-order valence-electron chi connectivity index (χ1n) is 9.64. The SMILES string of the molecule is COc1ccc(OCC(=O)N/N=C(/C)[C@H](c2ccccc2)N2CCOCC2)cc1. The quantitative estimate of drug-likeness (QED) is 0.548. The van der Waals surface area contributed by atoms with E-state index in [1.165, 1.54) is 0 Å². The molecule has 154 valence electrons. The number of methoxy groups -OCH3 is 1. The zero-order valence-electron chi connectivity index (χ0n) is 16.8. The number of nitrogens with one attached hydrogen (secondary N) is 1. The molecule has 0 aliphatic carbocycles. The van der Waals surface area contributed by atoms with Crippen LogP contribution in [0, 0.1) is 0 Å². The molecule has 0 radical (unpaired) electrons. The number of carbonyl (C=O) groups is 1. The van der Waals surface area contributed by atoms with E-state index in [0.29, 0.717) is 19.0 Å². The molecule has 29 heavy (non-hydrogen) atoms. The summed E-state index contributed by atoms with van der Waals surface area (Å²) in [4.78, 5) is 14.5. The maximum atomic E-state index is 12.2. The number of hydrogen-bond acceptors (Lipinski definition) is 6. The van der Waals surface area contributed by atoms with E-state index in [9.17, 15) is 4.79 Å². The minimum absolute atomic E-state index is 0.0112. The molecule has 7 heteroatoms. The van der Waals surface area contributed by atoms with Crippen molar-refractivity contribution in [3.8, 4) is 11.5 Å². The van der Waals surface area contributed by atoms with Gasteiger partial charge < -0.3 is 14.2 Å². The summed E-state index contributed by atoms with van der Waals surface area (Å²) in [7, 11) is 1.60. The van der Waals surface area contributed by atoms with Gasteiger partial charge in [0, 0.05) is 13.1 Å². The molecule has 1 atom stereocenters. The van der Waals surface area contributed by atoms with Crippen LogP contribution in [0.5, 0.6) is 11.5 Å². The third-order valence-corrected chi connectivity index (χ3v) is 4.71. The third-order valence-electron chi connectivity index (χ3n) is 4.71. The standard InChI is InChI=1S/C22H27N3O4/c1-17(22(18-6-4-3-5-7-18)25-12-14-28-15-13-25)23-24-21(26)16-29-20-10-8-19(27-2)9-11-20/h3-11,22H,12-16H2,1-2H3,(H,24,26)/b23-17-/t22-/m1/s1. The molecular formula is C22H27N3O4. The van der Waals surface area contributed by atoms with Crippen molar-refractivity contribution in [2.24, 2.45) is 5.10 Å². The van der Waals surface area contributed by atoms with Crippen LogP contribution in [-0.4, -0.2) is 56.5 Å². The molecule has 1 heterocycles. The summed E-state index contributed by atoms with van der Waals surface area (Å²) in [5.41, 5.74) is 4.56. The van der Waals surface area contributed by atoms with Crippen molar-refractivity contribution in [3.63, 3.8) is 0 Å². The number of hydrazone groups is 1. The molecule has 0 bridgehead atoms. The van der Waals surface area contributed by atoms with Crippen LogP contribution in [0.4, 0.5) is 0 Å². The Hall–Kier alpha value is -2.90. The lowest BCUT2D eigenvalue weighted by Gasteiger charge is -2.34. The molecule has 1 saturated heterocycles. The Kier molecular flexibility index (Phi) is 7.61. The molecular weight excluding hydrogens is 370 g/mol. The summed E-state index contributed by atoms with van der Waals surface area (Å²) in [5, 5.41) is 4.35. The Morgan fingerprint density at radius 1 is 1.10 bits per heavy atom. The van der Waals surface area contributed by atoms with E-state index < -0.39 is 0 Å². The Morgan fingerprint density at radius 3 is 2.41 bits per heavy atom. The molecule has 2 aromatic rings. The molecule has 1 aliphatic heterocycles. The van der Waals surface area contributed by atoms with Crippen LogP contribution < -0.4 is 14.9 Å². The van der Waals surface area contributed by atoms with Gasteiger partial charge in [-0.3, -0.25) is 9.69 Å². The minimum Gasteiger partial charge on any atom is -0.497 e. The fourth-order valence-corrected chi connectivity index (χ4v) is 3.25. The number of morpholine rings is 1. The second-order valence-corrected chi connectivity index (χ2v) is 6.71. The second-order valence-electron chi connectivity index (χ2n) is 6.71. The fraction of sp³-hybridized carbons (Fsp3) is 0.364. The first-order valence-corrected chi connectivity index (χ1v) is 9.64. The smallest absolute Gasteiger partial charge is 0.277 e. The molecule has 1 fully saturated rings. The van der Waals surface area contributed by atoms with E-state index in [4.69, 9.17) is 14.2 Å². The highest BCUT2D eigenvalue weighted by atomic mass is 16.5. The van der Waals surface area contributed by atoms with Gasteiger partial charge in [0.2, 0.25) is 0 Å². The first kappa shape index (κ1) is 20.8. The maximum Gasteiger partial charge on any atom is 0.277 e. The molecule has 1 N–H and O–H groups in total. The van der Waals surface area contributed by atoms with E-state index in [1.54, 1.807) is 31.4 Å². The van der Waals surface area contributed by atoms with Crippen LogP contribution in [0.15, 0.2) is 59.7 Å². The summed E-state index contributed by atoms with van der Waals surface area (Å²) < 4.78 is 16.1. The van der Waals surface area contributed by atoms with Crippen LogP contribution in [0.1, 0.15) is 18.5 Å². The molecule has 1 amide bonds.